The van der Waals surface area contributed by atoms with E-state index in [2.05, 4.69) is 0 Å². The summed E-state index contributed by atoms with van der Waals surface area (Å²) in [6.45, 7) is 0. The fourth-order valence-corrected chi connectivity index (χ4v) is 2.34. The highest BCUT2D eigenvalue weighted by Gasteiger charge is 2.67. The van der Waals surface area contributed by atoms with Crippen LogP contribution in [0.3, 0.4) is 0 Å². The molecule has 2 aromatic rings. The molecule has 0 aliphatic heterocycles. The van der Waals surface area contributed by atoms with Crippen molar-refractivity contribution < 1.29 is 29.3 Å². The maximum atomic E-state index is 12.9. The number of halogens is 5. The summed E-state index contributed by atoms with van der Waals surface area (Å²) in [7, 11) is -9.87. The highest BCUT2D eigenvalue weighted by atomic mass is 32.5. The van der Waals surface area contributed by atoms with Crippen LogP contribution in [0.4, 0.5) is 19.4 Å². The van der Waals surface area contributed by atoms with Crippen LogP contribution in [0.5, 0.6) is 17.2 Å². The molecule has 1 N–H and O–H groups in total. The first kappa shape index (κ1) is 14.4. The third-order valence-corrected chi connectivity index (χ3v) is 3.52. The Kier molecular flexibility index (Phi) is 2.73. The van der Waals surface area contributed by atoms with E-state index in [0.29, 0.717) is 0 Å². The largest absolute Gasteiger partial charge is 0.504 e. The molecule has 2 aromatic carbocycles. The van der Waals surface area contributed by atoms with Crippen molar-refractivity contribution in [3.8, 4) is 17.2 Å². The molecule has 8 heteroatoms. The van der Waals surface area contributed by atoms with Crippen LogP contribution in [-0.4, -0.2) is 5.11 Å². The number of rotatable bonds is 3. The van der Waals surface area contributed by atoms with E-state index in [1.807, 2.05) is 0 Å². The van der Waals surface area contributed by atoms with Gasteiger partial charge in [0.05, 0.1) is 0 Å². The molecule has 0 heterocycles. The van der Waals surface area contributed by atoms with E-state index in [0.717, 1.165) is 30.3 Å². The summed E-state index contributed by atoms with van der Waals surface area (Å²) in [5.74, 6) is -1.86. The minimum atomic E-state index is -9.87. The summed E-state index contributed by atoms with van der Waals surface area (Å²) in [4.78, 5) is -2.13. The average Bonchev–Trinajstić information content (AvgIpc) is 2.30. The highest BCUT2D eigenvalue weighted by molar-refractivity contribution is 8.45. The van der Waals surface area contributed by atoms with E-state index in [1.54, 1.807) is 0 Å². The summed E-state index contributed by atoms with van der Waals surface area (Å²) in [5, 5.41) is 9.41. The second-order valence-corrected chi connectivity index (χ2v) is 6.36. The Morgan fingerprint density at radius 1 is 0.750 bits per heavy atom. The molecule has 0 aliphatic rings. The lowest BCUT2D eigenvalue weighted by Crippen LogP contribution is -2.07. The van der Waals surface area contributed by atoms with Gasteiger partial charge in [0.2, 0.25) is 0 Å². The minimum absolute atomic E-state index is 0.247. The fraction of sp³-hybridized carbons (Fsp3) is 0. The van der Waals surface area contributed by atoms with Crippen molar-refractivity contribution in [2.75, 3.05) is 0 Å². The zero-order valence-electron chi connectivity index (χ0n) is 9.77. The number of phenolic OH excluding ortho intramolecular Hbond substituents is 1. The lowest BCUT2D eigenvalue weighted by Gasteiger charge is -2.41. The maximum Gasteiger partial charge on any atom is 0.313 e. The Bertz CT molecular complexity index is 654. The van der Waals surface area contributed by atoms with Crippen LogP contribution in [0, 0.1) is 0 Å². The SMILES string of the molecule is Oc1ccccc1Oc1ccccc1S(F)(F)(F)(F)F. The summed E-state index contributed by atoms with van der Waals surface area (Å²) in [5.41, 5.74) is 0. The minimum Gasteiger partial charge on any atom is -0.504 e. The summed E-state index contributed by atoms with van der Waals surface area (Å²) in [6, 6.07) is 8.11. The molecule has 0 aliphatic carbocycles. The van der Waals surface area contributed by atoms with Gasteiger partial charge in [-0.15, -0.1) is 0 Å². The summed E-state index contributed by atoms with van der Waals surface area (Å²) >= 11 is 0. The molecular weight excluding hydrogens is 303 g/mol. The number of hydrogen-bond acceptors (Lipinski definition) is 2. The van der Waals surface area contributed by atoms with E-state index >= 15 is 0 Å². The van der Waals surface area contributed by atoms with Crippen molar-refractivity contribution in [3.63, 3.8) is 0 Å². The van der Waals surface area contributed by atoms with Crippen molar-refractivity contribution in [2.45, 2.75) is 4.90 Å². The third-order valence-electron chi connectivity index (χ3n) is 2.35. The predicted octanol–water partition coefficient (Wildman–Crippen LogP) is 5.84. The van der Waals surface area contributed by atoms with Crippen LogP contribution in [-0.2, 0) is 0 Å². The molecule has 0 saturated heterocycles. The van der Waals surface area contributed by atoms with Gasteiger partial charge in [-0.3, -0.25) is 0 Å². The van der Waals surface area contributed by atoms with Crippen molar-refractivity contribution in [3.05, 3.63) is 48.5 Å². The lowest BCUT2D eigenvalue weighted by atomic mass is 10.3. The van der Waals surface area contributed by atoms with Crippen LogP contribution >= 0.6 is 10.2 Å². The Labute approximate surface area is 111 Å². The number of phenols is 1. The molecule has 0 spiro atoms. The quantitative estimate of drug-likeness (QED) is 0.721. The van der Waals surface area contributed by atoms with Crippen LogP contribution in [0.25, 0.3) is 0 Å². The van der Waals surface area contributed by atoms with Gasteiger partial charge in [0.25, 0.3) is 0 Å². The Morgan fingerprint density at radius 3 is 1.80 bits per heavy atom. The Hall–Kier alpha value is -1.96. The molecule has 0 fully saturated rings. The highest BCUT2D eigenvalue weighted by Crippen LogP contribution is 3.03. The molecule has 2 rings (SSSR count). The maximum absolute atomic E-state index is 12.9. The van der Waals surface area contributed by atoms with Gasteiger partial charge in [0.15, 0.2) is 11.5 Å². The van der Waals surface area contributed by atoms with Gasteiger partial charge in [-0.1, -0.05) is 43.7 Å². The second-order valence-electron chi connectivity index (χ2n) is 3.99. The van der Waals surface area contributed by atoms with Crippen LogP contribution in [0.2, 0.25) is 0 Å². The topological polar surface area (TPSA) is 29.5 Å². The van der Waals surface area contributed by atoms with Crippen molar-refractivity contribution in [1.29, 1.82) is 0 Å². The number of hydrogen-bond donors (Lipinski definition) is 1. The van der Waals surface area contributed by atoms with Gasteiger partial charge in [-0.2, -0.15) is 0 Å². The first-order valence-electron chi connectivity index (χ1n) is 5.26. The number of aromatic hydroxyl groups is 1. The first-order valence-corrected chi connectivity index (χ1v) is 7.21. The lowest BCUT2D eigenvalue weighted by molar-refractivity contribution is 0.350. The molecule has 0 radical (unpaired) electrons. The Balaban J connectivity index is 2.54. The van der Waals surface area contributed by atoms with Gasteiger partial charge < -0.3 is 9.84 Å². The van der Waals surface area contributed by atoms with E-state index in [1.165, 1.54) is 12.1 Å². The molecule has 110 valence electrons. The van der Waals surface area contributed by atoms with Crippen molar-refractivity contribution in [2.24, 2.45) is 0 Å². The van der Waals surface area contributed by atoms with E-state index in [9.17, 15) is 24.5 Å². The van der Waals surface area contributed by atoms with Crippen LogP contribution < -0.4 is 4.74 Å². The number of benzene rings is 2. The van der Waals surface area contributed by atoms with Gasteiger partial charge >= 0.3 is 10.2 Å². The fourth-order valence-electron chi connectivity index (χ4n) is 1.52. The van der Waals surface area contributed by atoms with Gasteiger partial charge in [0, 0.05) is 0 Å². The molecule has 0 atom stereocenters. The number of ether oxygens (including phenoxy) is 1. The van der Waals surface area contributed by atoms with Crippen molar-refractivity contribution >= 4 is 10.2 Å². The zero-order valence-corrected chi connectivity index (χ0v) is 10.6. The Morgan fingerprint density at radius 2 is 1.25 bits per heavy atom. The first-order chi connectivity index (χ1) is 8.97. The van der Waals surface area contributed by atoms with Gasteiger partial charge in [0.1, 0.15) is 10.6 Å². The van der Waals surface area contributed by atoms with E-state index in [-0.39, 0.29) is 11.8 Å². The van der Waals surface area contributed by atoms with Crippen LogP contribution in [0.15, 0.2) is 53.4 Å². The molecule has 0 bridgehead atoms. The molecule has 2 nitrogen and oxygen atoms in total. The smallest absolute Gasteiger partial charge is 0.313 e. The van der Waals surface area contributed by atoms with E-state index in [4.69, 9.17) is 4.74 Å². The van der Waals surface area contributed by atoms with Crippen LogP contribution in [0.1, 0.15) is 0 Å². The van der Waals surface area contributed by atoms with Gasteiger partial charge in [-0.25, -0.2) is 0 Å². The molecule has 20 heavy (non-hydrogen) atoms. The van der Waals surface area contributed by atoms with Gasteiger partial charge in [-0.05, 0) is 24.3 Å². The molecule has 0 aromatic heterocycles. The summed E-state index contributed by atoms with van der Waals surface area (Å²) in [6.07, 6.45) is 0. The molecule has 0 saturated carbocycles. The van der Waals surface area contributed by atoms with Crippen molar-refractivity contribution in [1.82, 2.24) is 0 Å². The van der Waals surface area contributed by atoms with E-state index < -0.39 is 26.6 Å². The normalized spacial score (nSPS) is 15.2. The standard InChI is InChI=1S/C12H9F5O2S/c13-20(14,15,16,17)12-8-4-3-7-11(12)19-10-6-2-1-5-9(10)18/h1-8,18H. The second kappa shape index (κ2) is 3.78. The molecular formula is C12H9F5O2S. The predicted molar refractivity (Wildman–Crippen MR) is 66.0 cm³/mol. The summed E-state index contributed by atoms with van der Waals surface area (Å²) < 4.78 is 69.1. The zero-order chi connectivity index (χ0) is 15.1. The number of para-hydroxylation sites is 3. The third kappa shape index (κ3) is 3.13. The molecule has 0 unspecified atom stereocenters. The average molecular weight is 312 g/mol. The molecule has 0 amide bonds. The monoisotopic (exact) mass is 312 g/mol.